The number of carbonyl (C=O) groups excluding carboxylic acids is 1. The Labute approximate surface area is 113 Å². The lowest BCUT2D eigenvalue weighted by Crippen LogP contribution is -2.16. The predicted molar refractivity (Wildman–Crippen MR) is 73.2 cm³/mol. The molecule has 1 amide bonds. The Kier molecular flexibility index (Phi) is 4.27. The first kappa shape index (κ1) is 13.4. The third-order valence-corrected chi connectivity index (χ3v) is 3.87. The monoisotopic (exact) mass is 269 g/mol. The van der Waals surface area contributed by atoms with Gasteiger partial charge in [0.2, 0.25) is 5.91 Å². The zero-order chi connectivity index (χ0) is 13.1. The topological polar surface area (TPSA) is 46.9 Å². The summed E-state index contributed by atoms with van der Waals surface area (Å²) in [5.41, 5.74) is 2.74. The molecule has 0 unspecified atom stereocenters. The van der Waals surface area contributed by atoms with Crippen molar-refractivity contribution in [1.82, 2.24) is 9.78 Å². The van der Waals surface area contributed by atoms with Gasteiger partial charge in [0.15, 0.2) is 0 Å². The van der Waals surface area contributed by atoms with E-state index in [-0.39, 0.29) is 11.8 Å². The molecule has 1 fully saturated rings. The van der Waals surface area contributed by atoms with Gasteiger partial charge in [-0.05, 0) is 26.7 Å². The van der Waals surface area contributed by atoms with Crippen LogP contribution in [0.25, 0.3) is 0 Å². The molecule has 2 rings (SSSR count). The molecule has 1 aromatic rings. The number of amides is 1. The standard InChI is InChI=1S/C13H20ClN3O/c1-9-13(15-12(18)8-14)10(2)17(16-9)11-6-4-3-5-7-11/h11H,3-8H2,1-2H3,(H,15,18). The van der Waals surface area contributed by atoms with Crippen LogP contribution < -0.4 is 5.32 Å². The summed E-state index contributed by atoms with van der Waals surface area (Å²) in [6, 6.07) is 0.485. The van der Waals surface area contributed by atoms with Crippen molar-refractivity contribution in [2.75, 3.05) is 11.2 Å². The molecule has 0 bridgehead atoms. The van der Waals surface area contributed by atoms with Crippen molar-refractivity contribution in [2.45, 2.75) is 52.0 Å². The Morgan fingerprint density at radius 1 is 1.39 bits per heavy atom. The Morgan fingerprint density at radius 3 is 2.67 bits per heavy atom. The van der Waals surface area contributed by atoms with Gasteiger partial charge in [0.1, 0.15) is 5.88 Å². The van der Waals surface area contributed by atoms with E-state index in [4.69, 9.17) is 11.6 Å². The Balaban J connectivity index is 2.22. The van der Waals surface area contributed by atoms with E-state index in [1.165, 1.54) is 32.1 Å². The lowest BCUT2D eigenvalue weighted by molar-refractivity contribution is -0.113. The van der Waals surface area contributed by atoms with Gasteiger partial charge in [-0.25, -0.2) is 0 Å². The van der Waals surface area contributed by atoms with Crippen molar-refractivity contribution in [3.8, 4) is 0 Å². The van der Waals surface area contributed by atoms with E-state index in [0.29, 0.717) is 6.04 Å². The summed E-state index contributed by atoms with van der Waals surface area (Å²) in [5, 5.41) is 7.41. The fraction of sp³-hybridized carbons (Fsp3) is 0.692. The lowest BCUT2D eigenvalue weighted by Gasteiger charge is -2.23. The van der Waals surface area contributed by atoms with Crippen LogP contribution in [0, 0.1) is 13.8 Å². The van der Waals surface area contributed by atoms with Crippen LogP contribution >= 0.6 is 11.6 Å². The number of rotatable bonds is 3. The van der Waals surface area contributed by atoms with Crippen LogP contribution in [0.5, 0.6) is 0 Å². The van der Waals surface area contributed by atoms with Crippen molar-refractivity contribution in [1.29, 1.82) is 0 Å². The fourth-order valence-electron chi connectivity index (χ4n) is 2.70. The average Bonchev–Trinajstić information content (AvgIpc) is 2.67. The van der Waals surface area contributed by atoms with E-state index in [2.05, 4.69) is 15.1 Å². The number of hydrogen-bond acceptors (Lipinski definition) is 2. The number of nitrogens with one attached hydrogen (secondary N) is 1. The number of hydrogen-bond donors (Lipinski definition) is 1. The van der Waals surface area contributed by atoms with Gasteiger partial charge in [0.05, 0.1) is 23.1 Å². The van der Waals surface area contributed by atoms with E-state index in [9.17, 15) is 4.79 Å². The van der Waals surface area contributed by atoms with Gasteiger partial charge in [0, 0.05) is 0 Å². The lowest BCUT2D eigenvalue weighted by atomic mass is 9.95. The second kappa shape index (κ2) is 5.74. The van der Waals surface area contributed by atoms with Crippen molar-refractivity contribution < 1.29 is 4.79 Å². The smallest absolute Gasteiger partial charge is 0.239 e. The maximum Gasteiger partial charge on any atom is 0.239 e. The molecule has 100 valence electrons. The van der Waals surface area contributed by atoms with Gasteiger partial charge in [-0.1, -0.05) is 19.3 Å². The fourth-order valence-corrected chi connectivity index (χ4v) is 2.76. The molecule has 18 heavy (non-hydrogen) atoms. The Bertz CT molecular complexity index is 436. The van der Waals surface area contributed by atoms with Gasteiger partial charge in [0.25, 0.3) is 0 Å². The average molecular weight is 270 g/mol. The van der Waals surface area contributed by atoms with Gasteiger partial charge in [-0.2, -0.15) is 5.10 Å². The number of carbonyl (C=O) groups is 1. The maximum absolute atomic E-state index is 11.4. The predicted octanol–water partition coefficient (Wildman–Crippen LogP) is 3.18. The Morgan fingerprint density at radius 2 is 2.06 bits per heavy atom. The van der Waals surface area contributed by atoms with Crippen LogP contribution in [0.1, 0.15) is 49.5 Å². The summed E-state index contributed by atoms with van der Waals surface area (Å²) in [5.74, 6) is -0.195. The van der Waals surface area contributed by atoms with Crippen LogP contribution in [0.4, 0.5) is 5.69 Å². The highest BCUT2D eigenvalue weighted by atomic mass is 35.5. The number of aromatic nitrogens is 2. The minimum Gasteiger partial charge on any atom is -0.322 e. The van der Waals surface area contributed by atoms with Crippen molar-refractivity contribution in [2.24, 2.45) is 0 Å². The van der Waals surface area contributed by atoms with Gasteiger partial charge >= 0.3 is 0 Å². The largest absolute Gasteiger partial charge is 0.322 e. The molecule has 0 radical (unpaired) electrons. The van der Waals surface area contributed by atoms with E-state index in [1.807, 2.05) is 13.8 Å². The Hall–Kier alpha value is -1.03. The van der Waals surface area contributed by atoms with Gasteiger partial charge in [-0.3, -0.25) is 9.48 Å². The number of alkyl halides is 1. The molecule has 0 atom stereocenters. The van der Waals surface area contributed by atoms with Crippen molar-refractivity contribution in [3.05, 3.63) is 11.4 Å². The molecular formula is C13H20ClN3O. The molecule has 1 aromatic heterocycles. The van der Waals surface area contributed by atoms with E-state index >= 15 is 0 Å². The summed E-state index contributed by atoms with van der Waals surface area (Å²) < 4.78 is 2.08. The molecule has 5 heteroatoms. The van der Waals surface area contributed by atoms with Crippen LogP contribution in [-0.2, 0) is 4.79 Å². The van der Waals surface area contributed by atoms with Crippen molar-refractivity contribution in [3.63, 3.8) is 0 Å². The first-order valence-corrected chi connectivity index (χ1v) is 7.08. The molecule has 0 aromatic carbocycles. The minimum absolute atomic E-state index is 0.0203. The summed E-state index contributed by atoms with van der Waals surface area (Å²) in [4.78, 5) is 11.4. The van der Waals surface area contributed by atoms with E-state index < -0.39 is 0 Å². The normalized spacial score (nSPS) is 16.8. The number of halogens is 1. The van der Waals surface area contributed by atoms with Crippen LogP contribution in [0.2, 0.25) is 0 Å². The summed E-state index contributed by atoms with van der Waals surface area (Å²) in [6.07, 6.45) is 6.24. The molecule has 1 aliphatic carbocycles. The highest BCUT2D eigenvalue weighted by Gasteiger charge is 2.21. The van der Waals surface area contributed by atoms with Crippen molar-refractivity contribution >= 4 is 23.2 Å². The second-order valence-electron chi connectivity index (χ2n) is 4.96. The number of nitrogens with zero attached hydrogens (tertiary/aromatic N) is 2. The zero-order valence-electron chi connectivity index (χ0n) is 11.0. The molecule has 0 saturated heterocycles. The first-order chi connectivity index (χ1) is 8.63. The minimum atomic E-state index is -0.175. The van der Waals surface area contributed by atoms with Crippen LogP contribution in [-0.4, -0.2) is 21.6 Å². The van der Waals surface area contributed by atoms with Gasteiger partial charge < -0.3 is 5.32 Å². The number of anilines is 1. The first-order valence-electron chi connectivity index (χ1n) is 6.55. The molecule has 1 saturated carbocycles. The van der Waals surface area contributed by atoms with Gasteiger partial charge in [-0.15, -0.1) is 11.6 Å². The highest BCUT2D eigenvalue weighted by Crippen LogP contribution is 2.31. The number of aryl methyl sites for hydroxylation is 1. The SMILES string of the molecule is Cc1nn(C2CCCCC2)c(C)c1NC(=O)CCl. The third-order valence-electron chi connectivity index (χ3n) is 3.63. The summed E-state index contributed by atoms with van der Waals surface area (Å²) in [6.45, 7) is 3.94. The molecule has 0 spiro atoms. The second-order valence-corrected chi connectivity index (χ2v) is 5.23. The molecule has 1 heterocycles. The molecule has 4 nitrogen and oxygen atoms in total. The van der Waals surface area contributed by atoms with Crippen LogP contribution in [0.15, 0.2) is 0 Å². The molecule has 1 N–H and O–H groups in total. The summed E-state index contributed by atoms with van der Waals surface area (Å²) >= 11 is 5.52. The molecular weight excluding hydrogens is 250 g/mol. The summed E-state index contributed by atoms with van der Waals surface area (Å²) in [7, 11) is 0. The van der Waals surface area contributed by atoms with E-state index in [0.717, 1.165) is 17.1 Å². The molecule has 1 aliphatic rings. The zero-order valence-corrected chi connectivity index (χ0v) is 11.8. The van der Waals surface area contributed by atoms with E-state index in [1.54, 1.807) is 0 Å². The highest BCUT2D eigenvalue weighted by molar-refractivity contribution is 6.29. The van der Waals surface area contributed by atoms with Crippen LogP contribution in [0.3, 0.4) is 0 Å². The molecule has 0 aliphatic heterocycles. The third kappa shape index (κ3) is 2.69. The maximum atomic E-state index is 11.4. The quantitative estimate of drug-likeness (QED) is 0.857.